The summed E-state index contributed by atoms with van der Waals surface area (Å²) in [6.07, 6.45) is 5.32. The summed E-state index contributed by atoms with van der Waals surface area (Å²) in [6, 6.07) is 1.65. The van der Waals surface area contributed by atoms with E-state index in [-0.39, 0.29) is 6.04 Å². The van der Waals surface area contributed by atoms with Gasteiger partial charge in [0.25, 0.3) is 0 Å². The quantitative estimate of drug-likeness (QED) is 0.837. The first-order valence-electron chi connectivity index (χ1n) is 5.55. The number of carboxylic acid groups (broad SMARTS) is 1. The van der Waals surface area contributed by atoms with Crippen LogP contribution in [0.1, 0.15) is 24.0 Å². The standard InChI is InChI=1S/C12H16N2O2/c1-9-7-13-5-4-10(9)8-14-6-2-3-11(14)12(15)16/h4-5,7,11H,2-3,6,8H2,1H3,(H,15,16). The number of rotatable bonds is 3. The van der Waals surface area contributed by atoms with Gasteiger partial charge >= 0.3 is 5.97 Å². The van der Waals surface area contributed by atoms with Gasteiger partial charge in [0.1, 0.15) is 6.04 Å². The van der Waals surface area contributed by atoms with Crippen molar-refractivity contribution in [2.75, 3.05) is 6.54 Å². The molecular weight excluding hydrogens is 204 g/mol. The molecule has 1 aliphatic rings. The summed E-state index contributed by atoms with van der Waals surface area (Å²) in [4.78, 5) is 17.1. The number of nitrogens with zero attached hydrogens (tertiary/aromatic N) is 2. The van der Waals surface area contributed by atoms with Gasteiger partial charge in [0.2, 0.25) is 0 Å². The topological polar surface area (TPSA) is 53.4 Å². The van der Waals surface area contributed by atoms with Gasteiger partial charge in [-0.05, 0) is 43.5 Å². The molecule has 1 saturated heterocycles. The normalized spacial score (nSPS) is 21.2. The van der Waals surface area contributed by atoms with E-state index in [1.54, 1.807) is 6.20 Å². The lowest BCUT2D eigenvalue weighted by atomic mass is 10.1. The highest BCUT2D eigenvalue weighted by molar-refractivity contribution is 5.73. The van der Waals surface area contributed by atoms with Crippen molar-refractivity contribution < 1.29 is 9.90 Å². The van der Waals surface area contributed by atoms with Crippen LogP contribution in [0.4, 0.5) is 0 Å². The summed E-state index contributed by atoms with van der Waals surface area (Å²) in [5.41, 5.74) is 2.29. The highest BCUT2D eigenvalue weighted by Crippen LogP contribution is 2.21. The summed E-state index contributed by atoms with van der Waals surface area (Å²) in [5, 5.41) is 9.08. The lowest BCUT2D eigenvalue weighted by Gasteiger charge is -2.21. The average Bonchev–Trinajstić information content (AvgIpc) is 2.69. The summed E-state index contributed by atoms with van der Waals surface area (Å²) in [5.74, 6) is -0.704. The Morgan fingerprint density at radius 2 is 2.50 bits per heavy atom. The monoisotopic (exact) mass is 220 g/mol. The largest absolute Gasteiger partial charge is 0.480 e. The fraction of sp³-hybridized carbons (Fsp3) is 0.500. The molecule has 0 aliphatic carbocycles. The Bertz CT molecular complexity index is 392. The maximum atomic E-state index is 11.0. The lowest BCUT2D eigenvalue weighted by molar-refractivity contribution is -0.142. The predicted molar refractivity (Wildman–Crippen MR) is 60.0 cm³/mol. The Labute approximate surface area is 94.9 Å². The molecule has 1 atom stereocenters. The molecule has 0 amide bonds. The first-order chi connectivity index (χ1) is 7.68. The van der Waals surface area contributed by atoms with Gasteiger partial charge in [-0.15, -0.1) is 0 Å². The maximum absolute atomic E-state index is 11.0. The number of pyridine rings is 1. The van der Waals surface area contributed by atoms with Crippen LogP contribution in [0.15, 0.2) is 18.5 Å². The molecule has 0 saturated carbocycles. The Morgan fingerprint density at radius 3 is 3.19 bits per heavy atom. The van der Waals surface area contributed by atoms with E-state index in [9.17, 15) is 4.79 Å². The third-order valence-corrected chi connectivity index (χ3v) is 3.16. The summed E-state index contributed by atoms with van der Waals surface area (Å²) in [6.45, 7) is 3.60. The minimum atomic E-state index is -0.704. The van der Waals surface area contributed by atoms with E-state index < -0.39 is 5.97 Å². The molecule has 4 nitrogen and oxygen atoms in total. The summed E-state index contributed by atoms with van der Waals surface area (Å²) < 4.78 is 0. The van der Waals surface area contributed by atoms with Crippen LogP contribution in [0.2, 0.25) is 0 Å². The molecule has 2 rings (SSSR count). The zero-order valence-corrected chi connectivity index (χ0v) is 9.39. The molecule has 1 aromatic rings. The van der Waals surface area contributed by atoms with Crippen LogP contribution in [0.25, 0.3) is 0 Å². The van der Waals surface area contributed by atoms with Gasteiger partial charge in [0.15, 0.2) is 0 Å². The van der Waals surface area contributed by atoms with Gasteiger partial charge in [-0.3, -0.25) is 14.7 Å². The third kappa shape index (κ3) is 2.22. The second kappa shape index (κ2) is 4.61. The Hall–Kier alpha value is -1.42. The zero-order valence-electron chi connectivity index (χ0n) is 9.39. The van der Waals surface area contributed by atoms with E-state index >= 15 is 0 Å². The molecule has 0 radical (unpaired) electrons. The first kappa shape index (κ1) is 11.1. The number of aromatic nitrogens is 1. The van der Waals surface area contributed by atoms with Gasteiger partial charge in [-0.1, -0.05) is 0 Å². The lowest BCUT2D eigenvalue weighted by Crippen LogP contribution is -2.35. The fourth-order valence-corrected chi connectivity index (χ4v) is 2.19. The second-order valence-electron chi connectivity index (χ2n) is 4.27. The van der Waals surface area contributed by atoms with Crippen LogP contribution in [0, 0.1) is 6.92 Å². The van der Waals surface area contributed by atoms with Gasteiger partial charge in [-0.25, -0.2) is 0 Å². The molecule has 4 heteroatoms. The fourth-order valence-electron chi connectivity index (χ4n) is 2.19. The van der Waals surface area contributed by atoms with Crippen LogP contribution in [0.3, 0.4) is 0 Å². The minimum absolute atomic E-state index is 0.312. The van der Waals surface area contributed by atoms with E-state index in [2.05, 4.69) is 4.98 Å². The number of carboxylic acids is 1. The highest BCUT2D eigenvalue weighted by atomic mass is 16.4. The Balaban J connectivity index is 2.10. The molecular formula is C12H16N2O2. The SMILES string of the molecule is Cc1cnccc1CN1CCCC1C(=O)O. The van der Waals surface area contributed by atoms with Gasteiger partial charge in [0, 0.05) is 18.9 Å². The maximum Gasteiger partial charge on any atom is 0.320 e. The number of likely N-dealkylation sites (tertiary alicyclic amines) is 1. The number of hydrogen-bond donors (Lipinski definition) is 1. The molecule has 0 bridgehead atoms. The van der Waals surface area contributed by atoms with Crippen molar-refractivity contribution in [3.8, 4) is 0 Å². The van der Waals surface area contributed by atoms with Crippen LogP contribution in [0.5, 0.6) is 0 Å². The van der Waals surface area contributed by atoms with E-state index in [1.165, 1.54) is 5.56 Å². The van der Waals surface area contributed by atoms with Crippen LogP contribution in [-0.2, 0) is 11.3 Å². The molecule has 1 fully saturated rings. The first-order valence-corrected chi connectivity index (χ1v) is 5.55. The molecule has 1 N–H and O–H groups in total. The zero-order chi connectivity index (χ0) is 11.5. The number of hydrogen-bond acceptors (Lipinski definition) is 3. The van der Waals surface area contributed by atoms with E-state index in [0.29, 0.717) is 6.54 Å². The van der Waals surface area contributed by atoms with Crippen molar-refractivity contribution in [1.82, 2.24) is 9.88 Å². The number of aliphatic carboxylic acids is 1. The molecule has 1 aliphatic heterocycles. The van der Waals surface area contributed by atoms with Crippen molar-refractivity contribution in [1.29, 1.82) is 0 Å². The highest BCUT2D eigenvalue weighted by Gasteiger charge is 2.30. The molecule has 0 spiro atoms. The van der Waals surface area contributed by atoms with Gasteiger partial charge in [0.05, 0.1) is 0 Å². The molecule has 1 aromatic heterocycles. The van der Waals surface area contributed by atoms with Crippen LogP contribution >= 0.6 is 0 Å². The van der Waals surface area contributed by atoms with Crippen LogP contribution in [-0.4, -0.2) is 33.5 Å². The molecule has 16 heavy (non-hydrogen) atoms. The molecule has 2 heterocycles. The van der Waals surface area contributed by atoms with Gasteiger partial charge in [-0.2, -0.15) is 0 Å². The van der Waals surface area contributed by atoms with E-state index in [1.807, 2.05) is 24.1 Å². The average molecular weight is 220 g/mol. The Kier molecular flexibility index (Phi) is 3.19. The predicted octanol–water partition coefficient (Wildman–Crippen LogP) is 1.44. The second-order valence-corrected chi connectivity index (χ2v) is 4.27. The summed E-state index contributed by atoms with van der Waals surface area (Å²) in [7, 11) is 0. The van der Waals surface area contributed by atoms with Crippen molar-refractivity contribution in [2.24, 2.45) is 0 Å². The summed E-state index contributed by atoms with van der Waals surface area (Å²) >= 11 is 0. The minimum Gasteiger partial charge on any atom is -0.480 e. The molecule has 1 unspecified atom stereocenters. The molecule has 86 valence electrons. The number of aryl methyl sites for hydroxylation is 1. The van der Waals surface area contributed by atoms with Crippen molar-refractivity contribution in [3.05, 3.63) is 29.6 Å². The van der Waals surface area contributed by atoms with Gasteiger partial charge < -0.3 is 5.11 Å². The molecule has 0 aromatic carbocycles. The number of carbonyl (C=O) groups is 1. The van der Waals surface area contributed by atoms with Crippen molar-refractivity contribution >= 4 is 5.97 Å². The van der Waals surface area contributed by atoms with Crippen molar-refractivity contribution in [3.63, 3.8) is 0 Å². The van der Waals surface area contributed by atoms with E-state index in [0.717, 1.165) is 24.9 Å². The third-order valence-electron chi connectivity index (χ3n) is 3.16. The van der Waals surface area contributed by atoms with Crippen LogP contribution < -0.4 is 0 Å². The smallest absolute Gasteiger partial charge is 0.320 e. The Morgan fingerprint density at radius 1 is 1.69 bits per heavy atom. The van der Waals surface area contributed by atoms with E-state index in [4.69, 9.17) is 5.11 Å². The van der Waals surface area contributed by atoms with Crippen molar-refractivity contribution in [2.45, 2.75) is 32.4 Å².